The normalized spacial score (nSPS) is 10.3. The van der Waals surface area contributed by atoms with Crippen molar-refractivity contribution in [2.24, 2.45) is 0 Å². The van der Waals surface area contributed by atoms with Crippen LogP contribution in [0.3, 0.4) is 0 Å². The SMILES string of the molecule is CCCCc1nc(-c2cccc(Oc3nccnc3C#N)c2)no1. The minimum absolute atomic E-state index is 0.129. The molecule has 0 radical (unpaired) electrons. The molecular weight excluding hydrogens is 306 g/mol. The van der Waals surface area contributed by atoms with Gasteiger partial charge in [-0.15, -0.1) is 0 Å². The minimum atomic E-state index is 0.129. The molecule has 0 unspecified atom stereocenters. The summed E-state index contributed by atoms with van der Waals surface area (Å²) in [5, 5.41) is 13.0. The van der Waals surface area contributed by atoms with Crippen molar-refractivity contribution in [3.63, 3.8) is 0 Å². The lowest BCUT2D eigenvalue weighted by molar-refractivity contribution is 0.375. The highest BCUT2D eigenvalue weighted by molar-refractivity contribution is 5.57. The zero-order valence-corrected chi connectivity index (χ0v) is 13.1. The van der Waals surface area contributed by atoms with E-state index in [9.17, 15) is 0 Å². The van der Waals surface area contributed by atoms with Crippen molar-refractivity contribution >= 4 is 0 Å². The molecular formula is C17H15N5O2. The van der Waals surface area contributed by atoms with Gasteiger partial charge < -0.3 is 9.26 Å². The second-order valence-corrected chi connectivity index (χ2v) is 5.07. The summed E-state index contributed by atoms with van der Waals surface area (Å²) in [6, 6.07) is 9.16. The van der Waals surface area contributed by atoms with Crippen molar-refractivity contribution in [3.05, 3.63) is 48.2 Å². The molecule has 0 spiro atoms. The number of nitriles is 1. The van der Waals surface area contributed by atoms with E-state index in [1.54, 1.807) is 12.1 Å². The van der Waals surface area contributed by atoms with Crippen LogP contribution in [0.1, 0.15) is 31.4 Å². The third-order valence-corrected chi connectivity index (χ3v) is 3.29. The van der Waals surface area contributed by atoms with E-state index in [-0.39, 0.29) is 11.6 Å². The second kappa shape index (κ2) is 7.33. The van der Waals surface area contributed by atoms with E-state index in [2.05, 4.69) is 27.0 Å². The van der Waals surface area contributed by atoms with Crippen LogP contribution in [0, 0.1) is 11.3 Å². The first kappa shape index (κ1) is 15.6. The van der Waals surface area contributed by atoms with Crippen LogP contribution in [0.15, 0.2) is 41.2 Å². The lowest BCUT2D eigenvalue weighted by Gasteiger charge is -2.05. The monoisotopic (exact) mass is 321 g/mol. The summed E-state index contributed by atoms with van der Waals surface area (Å²) in [7, 11) is 0. The van der Waals surface area contributed by atoms with Crippen LogP contribution in [0.4, 0.5) is 0 Å². The third kappa shape index (κ3) is 3.55. The molecule has 1 aromatic carbocycles. The van der Waals surface area contributed by atoms with Gasteiger partial charge in [0.05, 0.1) is 0 Å². The van der Waals surface area contributed by atoms with Gasteiger partial charge in [-0.2, -0.15) is 10.2 Å². The molecule has 3 rings (SSSR count). The average molecular weight is 321 g/mol. The standard InChI is InChI=1S/C17H15N5O2/c1-2-3-7-15-21-16(22-24-15)12-5-4-6-13(10-12)23-17-14(11-18)19-8-9-20-17/h4-6,8-10H,2-3,7H2,1H3. The van der Waals surface area contributed by atoms with Crippen LogP contribution in [-0.4, -0.2) is 20.1 Å². The Balaban J connectivity index is 1.82. The van der Waals surface area contributed by atoms with Crippen molar-refractivity contribution < 1.29 is 9.26 Å². The predicted octanol–water partition coefficient (Wildman–Crippen LogP) is 3.53. The van der Waals surface area contributed by atoms with E-state index in [4.69, 9.17) is 14.5 Å². The molecule has 120 valence electrons. The highest BCUT2D eigenvalue weighted by Gasteiger charge is 2.11. The fourth-order valence-electron chi connectivity index (χ4n) is 2.09. The van der Waals surface area contributed by atoms with Gasteiger partial charge in [-0.05, 0) is 18.6 Å². The predicted molar refractivity (Wildman–Crippen MR) is 85.2 cm³/mol. The van der Waals surface area contributed by atoms with Gasteiger partial charge in [-0.3, -0.25) is 0 Å². The third-order valence-electron chi connectivity index (χ3n) is 3.29. The minimum Gasteiger partial charge on any atom is -0.436 e. The van der Waals surface area contributed by atoms with E-state index in [0.29, 0.717) is 17.5 Å². The molecule has 2 aromatic heterocycles. The maximum absolute atomic E-state index is 9.04. The Morgan fingerprint density at radius 2 is 2.12 bits per heavy atom. The van der Waals surface area contributed by atoms with Crippen molar-refractivity contribution in [2.75, 3.05) is 0 Å². The zero-order chi connectivity index (χ0) is 16.8. The Bertz CT molecular complexity index is 869. The number of rotatable bonds is 6. The number of aryl methyl sites for hydroxylation is 1. The fourth-order valence-corrected chi connectivity index (χ4v) is 2.09. The number of nitrogens with zero attached hydrogens (tertiary/aromatic N) is 5. The first-order valence-corrected chi connectivity index (χ1v) is 7.62. The summed E-state index contributed by atoms with van der Waals surface area (Å²) in [6.45, 7) is 2.11. The fraction of sp³-hybridized carbons (Fsp3) is 0.235. The number of ether oxygens (including phenoxy) is 1. The molecule has 7 heteroatoms. The van der Waals surface area contributed by atoms with Crippen molar-refractivity contribution in [2.45, 2.75) is 26.2 Å². The highest BCUT2D eigenvalue weighted by atomic mass is 16.5. The second-order valence-electron chi connectivity index (χ2n) is 5.07. The number of hydrogen-bond acceptors (Lipinski definition) is 7. The quantitative estimate of drug-likeness (QED) is 0.684. The van der Waals surface area contributed by atoms with Gasteiger partial charge in [0.2, 0.25) is 17.4 Å². The summed E-state index contributed by atoms with van der Waals surface area (Å²) < 4.78 is 10.9. The zero-order valence-electron chi connectivity index (χ0n) is 13.1. The molecule has 0 fully saturated rings. The maximum atomic E-state index is 9.04. The van der Waals surface area contributed by atoms with E-state index >= 15 is 0 Å². The summed E-state index contributed by atoms with van der Waals surface area (Å²) in [5.74, 6) is 1.81. The topological polar surface area (TPSA) is 97.7 Å². The van der Waals surface area contributed by atoms with Crippen LogP contribution in [0.25, 0.3) is 11.4 Å². The van der Waals surface area contributed by atoms with Crippen molar-refractivity contribution in [1.82, 2.24) is 20.1 Å². The maximum Gasteiger partial charge on any atom is 0.256 e. The number of unbranched alkanes of at least 4 members (excludes halogenated alkanes) is 1. The molecule has 0 aliphatic heterocycles. The van der Waals surface area contributed by atoms with Gasteiger partial charge in [0.1, 0.15) is 11.8 Å². The van der Waals surface area contributed by atoms with Gasteiger partial charge in [0.15, 0.2) is 0 Å². The Morgan fingerprint density at radius 3 is 2.96 bits per heavy atom. The lowest BCUT2D eigenvalue weighted by Crippen LogP contribution is -1.94. The molecule has 7 nitrogen and oxygen atoms in total. The van der Waals surface area contributed by atoms with E-state index in [0.717, 1.165) is 24.8 Å². The van der Waals surface area contributed by atoms with Crippen LogP contribution in [0.5, 0.6) is 11.6 Å². The molecule has 0 saturated heterocycles. The first-order chi connectivity index (χ1) is 11.8. The van der Waals surface area contributed by atoms with Gasteiger partial charge in [0, 0.05) is 24.4 Å². The molecule has 0 aliphatic rings. The smallest absolute Gasteiger partial charge is 0.256 e. The summed E-state index contributed by atoms with van der Waals surface area (Å²) in [4.78, 5) is 12.3. The Kier molecular flexibility index (Phi) is 4.77. The molecule has 24 heavy (non-hydrogen) atoms. The average Bonchev–Trinajstić information content (AvgIpc) is 3.10. The molecule has 0 saturated carbocycles. The largest absolute Gasteiger partial charge is 0.436 e. The van der Waals surface area contributed by atoms with Crippen LogP contribution < -0.4 is 4.74 Å². The van der Waals surface area contributed by atoms with Crippen LogP contribution >= 0.6 is 0 Å². The van der Waals surface area contributed by atoms with Crippen LogP contribution in [0.2, 0.25) is 0 Å². The molecule has 0 atom stereocenters. The molecule has 0 N–H and O–H groups in total. The highest BCUT2D eigenvalue weighted by Crippen LogP contribution is 2.26. The molecule has 3 aromatic rings. The van der Waals surface area contributed by atoms with Crippen LogP contribution in [-0.2, 0) is 6.42 Å². The van der Waals surface area contributed by atoms with Gasteiger partial charge in [-0.1, -0.05) is 30.6 Å². The molecule has 0 aliphatic carbocycles. The molecule has 2 heterocycles. The number of hydrogen-bond donors (Lipinski definition) is 0. The van der Waals surface area contributed by atoms with Gasteiger partial charge in [-0.25, -0.2) is 9.97 Å². The summed E-state index contributed by atoms with van der Waals surface area (Å²) >= 11 is 0. The van der Waals surface area contributed by atoms with Gasteiger partial charge in [0.25, 0.3) is 5.88 Å². The lowest BCUT2D eigenvalue weighted by atomic mass is 10.2. The van der Waals surface area contributed by atoms with E-state index < -0.39 is 0 Å². The number of aromatic nitrogens is 4. The summed E-state index contributed by atoms with van der Waals surface area (Å²) in [5.41, 5.74) is 0.894. The Labute approximate surface area is 139 Å². The first-order valence-electron chi connectivity index (χ1n) is 7.62. The molecule has 0 bridgehead atoms. The Morgan fingerprint density at radius 1 is 1.25 bits per heavy atom. The summed E-state index contributed by atoms with van der Waals surface area (Å²) in [6.07, 6.45) is 5.76. The number of benzene rings is 1. The Hall–Kier alpha value is -3.27. The van der Waals surface area contributed by atoms with Crippen molar-refractivity contribution in [1.29, 1.82) is 5.26 Å². The van der Waals surface area contributed by atoms with Gasteiger partial charge >= 0.3 is 0 Å². The van der Waals surface area contributed by atoms with Crippen molar-refractivity contribution in [3.8, 4) is 29.1 Å². The van der Waals surface area contributed by atoms with E-state index in [1.807, 2.05) is 18.2 Å². The molecule has 0 amide bonds. The van der Waals surface area contributed by atoms with E-state index in [1.165, 1.54) is 12.4 Å².